The molecule has 2 aromatic rings. The Kier molecular flexibility index (Phi) is 5.73. The molecule has 2 rings (SSSR count). The fraction of sp³-hybridized carbons (Fsp3) is 0.286. The second-order valence-electron chi connectivity index (χ2n) is 6.87. The van der Waals surface area contributed by atoms with Crippen LogP contribution in [0.2, 0.25) is 18.6 Å². The van der Waals surface area contributed by atoms with Crippen molar-refractivity contribution in [2.45, 2.75) is 38.9 Å². The van der Waals surface area contributed by atoms with E-state index >= 15 is 0 Å². The molecule has 0 bridgehead atoms. The molecule has 0 aliphatic carbocycles. The van der Waals surface area contributed by atoms with Gasteiger partial charge in [-0.15, -0.1) is 0 Å². The summed E-state index contributed by atoms with van der Waals surface area (Å²) in [5, 5.41) is 1.40. The Bertz CT molecular complexity index is 669. The minimum absolute atomic E-state index is 0.264. The lowest BCUT2D eigenvalue weighted by atomic mass is 10.1. The molecule has 0 aliphatic rings. The van der Waals surface area contributed by atoms with E-state index in [-0.39, 0.29) is 5.78 Å². The number of Topliss-reactive ketones (excluding diaryl/α,β-unsaturated/α-hetero) is 1. The number of benzene rings is 2. The van der Waals surface area contributed by atoms with Crippen LogP contribution in [0, 0.1) is 6.92 Å². The molecule has 0 saturated heterocycles. The van der Waals surface area contributed by atoms with Gasteiger partial charge in [-0.3, -0.25) is 0 Å². The summed E-state index contributed by atoms with van der Waals surface area (Å²) in [6.45, 7) is 8.50. The second-order valence-corrected chi connectivity index (χ2v) is 11.6. The van der Waals surface area contributed by atoms with E-state index in [0.717, 1.165) is 0 Å². The van der Waals surface area contributed by atoms with Gasteiger partial charge in [-0.25, -0.2) is 0 Å². The Labute approximate surface area is 141 Å². The Hall–Kier alpha value is -1.93. The van der Waals surface area contributed by atoms with Gasteiger partial charge < -0.3 is 4.79 Å². The molecule has 1 nitrogen and oxygen atoms in total. The number of aryl methyl sites for hydroxylation is 1. The topological polar surface area (TPSA) is 17.1 Å². The van der Waals surface area contributed by atoms with E-state index in [1.165, 1.54) is 16.3 Å². The number of ketones is 1. The molecule has 1 atom stereocenters. The summed E-state index contributed by atoms with van der Waals surface area (Å²) >= 11 is 0. The van der Waals surface area contributed by atoms with Crippen molar-refractivity contribution in [3.8, 4) is 0 Å². The summed E-state index contributed by atoms with van der Waals surface area (Å²) in [6.07, 6.45) is 5.05. The predicted octanol–water partition coefficient (Wildman–Crippen LogP) is 4.97. The van der Waals surface area contributed by atoms with Gasteiger partial charge in [0.25, 0.3) is 0 Å². The van der Waals surface area contributed by atoms with E-state index in [9.17, 15) is 4.79 Å². The Morgan fingerprint density at radius 1 is 1.04 bits per heavy atom. The lowest BCUT2D eigenvalue weighted by molar-refractivity contribution is -0.116. The lowest BCUT2D eigenvalue weighted by Crippen LogP contribution is -2.45. The molecular formula is C21H26OSi. The Morgan fingerprint density at radius 2 is 1.65 bits per heavy atom. The van der Waals surface area contributed by atoms with E-state index in [0.29, 0.717) is 12.0 Å². The van der Waals surface area contributed by atoms with Crippen LogP contribution in [0.4, 0.5) is 0 Å². The molecule has 0 amide bonds. The number of hydrogen-bond acceptors (Lipinski definition) is 1. The van der Waals surface area contributed by atoms with Gasteiger partial charge in [0.1, 0.15) is 5.78 Å². The number of hydrogen-bond donors (Lipinski definition) is 0. The molecule has 0 N–H and O–H groups in total. The highest BCUT2D eigenvalue weighted by atomic mass is 28.3. The number of carbonyl (C=O) groups is 1. The molecule has 2 heteroatoms. The third kappa shape index (κ3) is 4.77. The van der Waals surface area contributed by atoms with Crippen LogP contribution >= 0.6 is 0 Å². The molecule has 0 saturated carbocycles. The molecule has 0 aliphatic heterocycles. The molecule has 0 radical (unpaired) electrons. The molecule has 23 heavy (non-hydrogen) atoms. The Balaban J connectivity index is 2.29. The third-order valence-corrected chi connectivity index (χ3v) is 8.62. The zero-order chi connectivity index (χ0) is 16.9. The maximum Gasteiger partial charge on any atom is 0.130 e. The fourth-order valence-corrected chi connectivity index (χ4v) is 5.71. The quantitative estimate of drug-likeness (QED) is 0.686. The molecule has 120 valence electrons. The van der Waals surface area contributed by atoms with Gasteiger partial charge in [0.15, 0.2) is 0 Å². The van der Waals surface area contributed by atoms with Crippen molar-refractivity contribution in [2.75, 3.05) is 0 Å². The zero-order valence-corrected chi connectivity index (χ0v) is 15.5. The van der Waals surface area contributed by atoms with Crippen LogP contribution in [0.15, 0.2) is 60.7 Å². The van der Waals surface area contributed by atoms with E-state index in [1.54, 1.807) is 6.92 Å². The van der Waals surface area contributed by atoms with Crippen molar-refractivity contribution < 1.29 is 4.79 Å². The van der Waals surface area contributed by atoms with Crippen LogP contribution < -0.4 is 5.19 Å². The standard InChI is InChI=1S/C21H26OSi/c1-17-10-12-19(13-11-17)14-15-21(16-18(2)22)23(3,4)20-8-6-5-7-9-20/h5-15,21H,16H2,1-4H3/b15-14+. The summed E-state index contributed by atoms with van der Waals surface area (Å²) in [6, 6.07) is 19.2. The maximum atomic E-state index is 11.8. The highest BCUT2D eigenvalue weighted by molar-refractivity contribution is 6.91. The number of allylic oxidation sites excluding steroid dienone is 1. The maximum absolute atomic E-state index is 11.8. The monoisotopic (exact) mass is 322 g/mol. The van der Waals surface area contributed by atoms with Gasteiger partial charge in [-0.1, -0.05) is 90.6 Å². The lowest BCUT2D eigenvalue weighted by Gasteiger charge is -2.30. The first-order valence-corrected chi connectivity index (χ1v) is 11.3. The third-order valence-electron chi connectivity index (χ3n) is 4.55. The minimum Gasteiger partial charge on any atom is -0.300 e. The molecule has 0 aromatic heterocycles. The van der Waals surface area contributed by atoms with E-state index in [2.05, 4.69) is 86.8 Å². The summed E-state index contributed by atoms with van der Waals surface area (Å²) in [5.41, 5.74) is 2.77. The van der Waals surface area contributed by atoms with Gasteiger partial charge in [0.2, 0.25) is 0 Å². The van der Waals surface area contributed by atoms with Gasteiger partial charge in [-0.2, -0.15) is 0 Å². The normalized spacial score (nSPS) is 13.2. The highest BCUT2D eigenvalue weighted by Gasteiger charge is 2.32. The van der Waals surface area contributed by atoms with Crippen molar-refractivity contribution in [2.24, 2.45) is 0 Å². The smallest absolute Gasteiger partial charge is 0.130 e. The van der Waals surface area contributed by atoms with E-state index in [1.807, 2.05) is 0 Å². The molecule has 0 spiro atoms. The van der Waals surface area contributed by atoms with Crippen molar-refractivity contribution in [3.05, 3.63) is 71.8 Å². The van der Waals surface area contributed by atoms with Crippen LogP contribution in [0.1, 0.15) is 24.5 Å². The van der Waals surface area contributed by atoms with E-state index in [4.69, 9.17) is 0 Å². The SMILES string of the molecule is CC(=O)CC(/C=C/c1ccc(C)cc1)[Si](C)(C)c1ccccc1. The summed E-state index contributed by atoms with van der Waals surface area (Å²) in [5.74, 6) is 0.264. The average Bonchev–Trinajstić information content (AvgIpc) is 2.53. The predicted molar refractivity (Wildman–Crippen MR) is 103 cm³/mol. The summed E-state index contributed by atoms with van der Waals surface area (Å²) in [7, 11) is -1.74. The van der Waals surface area contributed by atoms with Crippen molar-refractivity contribution in [1.29, 1.82) is 0 Å². The molecule has 0 heterocycles. The van der Waals surface area contributed by atoms with Crippen LogP contribution in [0.3, 0.4) is 0 Å². The van der Waals surface area contributed by atoms with Crippen LogP contribution in [-0.4, -0.2) is 13.9 Å². The second kappa shape index (κ2) is 7.56. The van der Waals surface area contributed by atoms with E-state index < -0.39 is 8.07 Å². The highest BCUT2D eigenvalue weighted by Crippen LogP contribution is 2.28. The Morgan fingerprint density at radius 3 is 2.22 bits per heavy atom. The fourth-order valence-electron chi connectivity index (χ4n) is 2.86. The first-order valence-electron chi connectivity index (χ1n) is 8.19. The summed E-state index contributed by atoms with van der Waals surface area (Å²) in [4.78, 5) is 11.8. The van der Waals surface area contributed by atoms with Crippen LogP contribution in [-0.2, 0) is 4.79 Å². The van der Waals surface area contributed by atoms with Crippen LogP contribution in [0.5, 0.6) is 0 Å². The average molecular weight is 323 g/mol. The van der Waals surface area contributed by atoms with Crippen LogP contribution in [0.25, 0.3) is 6.08 Å². The number of rotatable bonds is 6. The number of carbonyl (C=O) groups excluding carboxylic acids is 1. The van der Waals surface area contributed by atoms with Crippen molar-refractivity contribution in [3.63, 3.8) is 0 Å². The molecule has 0 fully saturated rings. The van der Waals surface area contributed by atoms with Gasteiger partial charge in [-0.05, 0) is 25.0 Å². The molecule has 1 unspecified atom stereocenters. The van der Waals surface area contributed by atoms with Gasteiger partial charge in [0.05, 0.1) is 8.07 Å². The van der Waals surface area contributed by atoms with Gasteiger partial charge >= 0.3 is 0 Å². The van der Waals surface area contributed by atoms with Gasteiger partial charge in [0, 0.05) is 6.42 Å². The van der Waals surface area contributed by atoms with Crippen molar-refractivity contribution >= 4 is 25.1 Å². The van der Waals surface area contributed by atoms with Crippen molar-refractivity contribution in [1.82, 2.24) is 0 Å². The first kappa shape index (κ1) is 17.4. The molecular weight excluding hydrogens is 296 g/mol. The minimum atomic E-state index is -1.74. The summed E-state index contributed by atoms with van der Waals surface area (Å²) < 4.78 is 0. The first-order chi connectivity index (χ1) is 10.9. The molecule has 2 aromatic carbocycles. The largest absolute Gasteiger partial charge is 0.300 e. The zero-order valence-electron chi connectivity index (χ0n) is 14.5.